The maximum Gasteiger partial charge on any atom is 0.409 e. The number of piperazine rings is 1. The number of nitrogens with zero attached hydrogens (tertiary/aromatic N) is 2. The zero-order valence-electron chi connectivity index (χ0n) is 14.5. The van der Waals surface area contributed by atoms with E-state index >= 15 is 0 Å². The van der Waals surface area contributed by atoms with E-state index in [4.69, 9.17) is 9.47 Å². The third-order valence-electron chi connectivity index (χ3n) is 3.87. The van der Waals surface area contributed by atoms with Crippen LogP contribution in [0.25, 0.3) is 0 Å². The van der Waals surface area contributed by atoms with E-state index in [-0.39, 0.29) is 18.9 Å². The molecule has 1 aliphatic rings. The molecular formula is C17H25N3O4. The van der Waals surface area contributed by atoms with Crippen molar-refractivity contribution in [1.82, 2.24) is 15.1 Å². The molecule has 7 heteroatoms. The molecule has 2 rings (SSSR count). The zero-order chi connectivity index (χ0) is 17.5. The number of amides is 3. The van der Waals surface area contributed by atoms with E-state index in [9.17, 15) is 9.59 Å². The van der Waals surface area contributed by atoms with Crippen LogP contribution in [0.3, 0.4) is 0 Å². The lowest BCUT2D eigenvalue weighted by Gasteiger charge is -2.33. The van der Waals surface area contributed by atoms with E-state index in [1.54, 1.807) is 16.7 Å². The van der Waals surface area contributed by atoms with Crippen LogP contribution < -0.4 is 10.1 Å². The summed E-state index contributed by atoms with van der Waals surface area (Å²) in [5.41, 5.74) is 2.20. The Labute approximate surface area is 142 Å². The molecule has 132 valence electrons. The number of benzene rings is 1. The van der Waals surface area contributed by atoms with Gasteiger partial charge in [-0.1, -0.05) is 17.7 Å². The number of carbonyl (C=O) groups excluding carboxylic acids is 2. The summed E-state index contributed by atoms with van der Waals surface area (Å²) in [6.45, 7) is 8.15. The lowest BCUT2D eigenvalue weighted by molar-refractivity contribution is 0.0842. The third-order valence-corrected chi connectivity index (χ3v) is 3.87. The quantitative estimate of drug-likeness (QED) is 0.856. The maximum atomic E-state index is 12.1. The molecule has 24 heavy (non-hydrogen) atoms. The summed E-state index contributed by atoms with van der Waals surface area (Å²) in [7, 11) is 0. The normalized spacial score (nSPS) is 14.3. The van der Waals surface area contributed by atoms with E-state index in [1.165, 1.54) is 5.56 Å². The standard InChI is InChI=1S/C17H25N3O4/c1-4-23-17(22)20-9-7-19(8-10-20)16(21)18-12-24-15-6-5-13(2)11-14(15)3/h5-6,11H,4,7-10,12H2,1-3H3,(H,18,21). The Balaban J connectivity index is 1.73. The fourth-order valence-corrected chi connectivity index (χ4v) is 2.56. The highest BCUT2D eigenvalue weighted by molar-refractivity contribution is 5.74. The Bertz CT molecular complexity index is 583. The summed E-state index contributed by atoms with van der Waals surface area (Å²) in [6.07, 6.45) is -0.323. The highest BCUT2D eigenvalue weighted by Crippen LogP contribution is 2.18. The molecule has 7 nitrogen and oxygen atoms in total. The molecule has 3 amide bonds. The van der Waals surface area contributed by atoms with Crippen LogP contribution in [0.4, 0.5) is 9.59 Å². The summed E-state index contributed by atoms with van der Waals surface area (Å²) in [6, 6.07) is 5.71. The van der Waals surface area contributed by atoms with E-state index in [0.717, 1.165) is 11.3 Å². The van der Waals surface area contributed by atoms with Crippen LogP contribution in [0.15, 0.2) is 18.2 Å². The highest BCUT2D eigenvalue weighted by atomic mass is 16.6. The number of rotatable bonds is 4. The molecule has 1 heterocycles. The van der Waals surface area contributed by atoms with Crippen LogP contribution in [0.5, 0.6) is 5.75 Å². The molecule has 0 unspecified atom stereocenters. The van der Waals surface area contributed by atoms with Gasteiger partial charge >= 0.3 is 12.1 Å². The van der Waals surface area contributed by atoms with Crippen LogP contribution in [-0.4, -0.2) is 61.4 Å². The van der Waals surface area contributed by atoms with Crippen molar-refractivity contribution in [3.05, 3.63) is 29.3 Å². The van der Waals surface area contributed by atoms with Crippen LogP contribution in [0, 0.1) is 13.8 Å². The van der Waals surface area contributed by atoms with Gasteiger partial charge < -0.3 is 24.6 Å². The Hall–Kier alpha value is -2.44. The molecule has 0 spiro atoms. The average molecular weight is 335 g/mol. The molecule has 0 saturated carbocycles. The molecule has 0 aromatic heterocycles. The van der Waals surface area contributed by atoms with E-state index in [1.807, 2.05) is 32.0 Å². The highest BCUT2D eigenvalue weighted by Gasteiger charge is 2.24. The molecule has 1 N–H and O–H groups in total. The summed E-state index contributed by atoms with van der Waals surface area (Å²) in [5, 5.41) is 2.74. The van der Waals surface area contributed by atoms with Gasteiger partial charge in [-0.05, 0) is 32.4 Å². The number of aryl methyl sites for hydroxylation is 2. The second kappa shape index (κ2) is 8.42. The molecule has 0 atom stereocenters. The van der Waals surface area contributed by atoms with Gasteiger partial charge in [0.25, 0.3) is 0 Å². The van der Waals surface area contributed by atoms with Crippen molar-refractivity contribution < 1.29 is 19.1 Å². The lowest BCUT2D eigenvalue weighted by Crippen LogP contribution is -2.53. The van der Waals surface area contributed by atoms with Gasteiger partial charge in [-0.25, -0.2) is 9.59 Å². The van der Waals surface area contributed by atoms with Crippen molar-refractivity contribution in [2.45, 2.75) is 20.8 Å². The molecule has 1 aromatic rings. The van der Waals surface area contributed by atoms with Gasteiger partial charge in [-0.2, -0.15) is 0 Å². The van der Waals surface area contributed by atoms with E-state index in [2.05, 4.69) is 5.32 Å². The van der Waals surface area contributed by atoms with Crippen molar-refractivity contribution in [3.8, 4) is 5.75 Å². The molecule has 1 aliphatic heterocycles. The van der Waals surface area contributed by atoms with E-state index in [0.29, 0.717) is 32.8 Å². The maximum absolute atomic E-state index is 12.1. The largest absolute Gasteiger partial charge is 0.473 e. The van der Waals surface area contributed by atoms with Crippen LogP contribution >= 0.6 is 0 Å². The van der Waals surface area contributed by atoms with Gasteiger partial charge in [0.15, 0.2) is 6.73 Å². The minimum atomic E-state index is -0.323. The van der Waals surface area contributed by atoms with Gasteiger partial charge in [0.2, 0.25) is 0 Å². The molecule has 0 aliphatic carbocycles. The Morgan fingerprint density at radius 3 is 2.42 bits per heavy atom. The SMILES string of the molecule is CCOC(=O)N1CCN(C(=O)NCOc2ccc(C)cc2C)CC1. The topological polar surface area (TPSA) is 71.1 Å². The van der Waals surface area contributed by atoms with Crippen molar-refractivity contribution in [3.63, 3.8) is 0 Å². The number of hydrogen-bond donors (Lipinski definition) is 1. The predicted molar refractivity (Wildman–Crippen MR) is 90.1 cm³/mol. The van der Waals surface area contributed by atoms with Crippen molar-refractivity contribution >= 4 is 12.1 Å². The monoisotopic (exact) mass is 335 g/mol. The first-order valence-electron chi connectivity index (χ1n) is 8.15. The van der Waals surface area contributed by atoms with Crippen molar-refractivity contribution in [1.29, 1.82) is 0 Å². The first kappa shape index (κ1) is 17.9. The van der Waals surface area contributed by atoms with E-state index < -0.39 is 0 Å². The fourth-order valence-electron chi connectivity index (χ4n) is 2.56. The molecular weight excluding hydrogens is 310 g/mol. The minimum Gasteiger partial charge on any atom is -0.473 e. The Morgan fingerprint density at radius 1 is 1.12 bits per heavy atom. The summed E-state index contributed by atoms with van der Waals surface area (Å²) < 4.78 is 10.6. The third kappa shape index (κ3) is 4.78. The smallest absolute Gasteiger partial charge is 0.409 e. The van der Waals surface area contributed by atoms with Crippen molar-refractivity contribution in [2.24, 2.45) is 0 Å². The van der Waals surface area contributed by atoms with Crippen LogP contribution in [-0.2, 0) is 4.74 Å². The number of ether oxygens (including phenoxy) is 2. The fraction of sp³-hybridized carbons (Fsp3) is 0.529. The number of urea groups is 1. The number of nitrogens with one attached hydrogen (secondary N) is 1. The summed E-state index contributed by atoms with van der Waals surface area (Å²) in [4.78, 5) is 27.0. The van der Waals surface area contributed by atoms with Gasteiger partial charge in [0, 0.05) is 26.2 Å². The van der Waals surface area contributed by atoms with Crippen molar-refractivity contribution in [2.75, 3.05) is 39.5 Å². The van der Waals surface area contributed by atoms with Gasteiger partial charge in [-0.3, -0.25) is 0 Å². The van der Waals surface area contributed by atoms with Gasteiger partial charge in [0.05, 0.1) is 6.61 Å². The molecule has 1 aromatic carbocycles. The molecule has 0 radical (unpaired) electrons. The Kier molecular flexibility index (Phi) is 6.28. The lowest BCUT2D eigenvalue weighted by atomic mass is 10.1. The van der Waals surface area contributed by atoms with Gasteiger partial charge in [0.1, 0.15) is 5.75 Å². The van der Waals surface area contributed by atoms with Crippen LogP contribution in [0.1, 0.15) is 18.1 Å². The molecule has 1 fully saturated rings. The Morgan fingerprint density at radius 2 is 1.79 bits per heavy atom. The predicted octanol–water partition coefficient (Wildman–Crippen LogP) is 2.12. The van der Waals surface area contributed by atoms with Gasteiger partial charge in [-0.15, -0.1) is 0 Å². The number of carbonyl (C=O) groups is 2. The average Bonchev–Trinajstić information content (AvgIpc) is 2.57. The summed E-state index contributed by atoms with van der Waals surface area (Å²) in [5.74, 6) is 0.757. The first-order chi connectivity index (χ1) is 11.5. The first-order valence-corrected chi connectivity index (χ1v) is 8.15. The second-order valence-corrected chi connectivity index (χ2v) is 5.71. The number of hydrogen-bond acceptors (Lipinski definition) is 4. The zero-order valence-corrected chi connectivity index (χ0v) is 14.5. The molecule has 1 saturated heterocycles. The minimum absolute atomic E-state index is 0.112. The summed E-state index contributed by atoms with van der Waals surface area (Å²) >= 11 is 0. The molecule has 0 bridgehead atoms. The van der Waals surface area contributed by atoms with Crippen LogP contribution in [0.2, 0.25) is 0 Å². The second-order valence-electron chi connectivity index (χ2n) is 5.71.